The minimum atomic E-state index is -6.17. The molecule has 0 aromatic heterocycles. The number of alkyl halides is 7. The normalized spacial score (nSPS) is 12.9. The summed E-state index contributed by atoms with van der Waals surface area (Å²) in [7, 11) is 1.43. The molecule has 0 fully saturated rings. The summed E-state index contributed by atoms with van der Waals surface area (Å²) in [5, 5.41) is 0. The number of hydrogen-bond donors (Lipinski definition) is 1. The van der Waals surface area contributed by atoms with Gasteiger partial charge in [-0.05, 0) is 17.7 Å². The van der Waals surface area contributed by atoms with Crippen LogP contribution in [-0.4, -0.2) is 19.4 Å². The molecule has 2 aromatic carbocycles. The summed E-state index contributed by atoms with van der Waals surface area (Å²) >= 11 is 0. The number of anilines is 2. The first-order valence-corrected chi connectivity index (χ1v) is 7.35. The molecule has 0 bridgehead atoms. The number of benzene rings is 2. The summed E-state index contributed by atoms with van der Waals surface area (Å²) in [4.78, 5) is 1.35. The van der Waals surface area contributed by atoms with Gasteiger partial charge < -0.3 is 10.6 Å². The van der Waals surface area contributed by atoms with Gasteiger partial charge >= 0.3 is 18.0 Å². The topological polar surface area (TPSA) is 29.3 Å². The van der Waals surface area contributed by atoms with Crippen molar-refractivity contribution in [1.82, 2.24) is 0 Å². The molecule has 0 saturated carbocycles. The van der Waals surface area contributed by atoms with E-state index in [0.29, 0.717) is 12.1 Å². The maximum atomic E-state index is 14.2. The van der Waals surface area contributed by atoms with Crippen molar-refractivity contribution in [3.63, 3.8) is 0 Å². The van der Waals surface area contributed by atoms with E-state index in [1.807, 2.05) is 0 Å². The van der Waals surface area contributed by atoms with Crippen LogP contribution in [0.5, 0.6) is 0 Å². The van der Waals surface area contributed by atoms with Crippen LogP contribution in [0.3, 0.4) is 0 Å². The van der Waals surface area contributed by atoms with Crippen LogP contribution in [0.25, 0.3) is 0 Å². The Balaban J connectivity index is 2.49. The lowest BCUT2D eigenvalue weighted by molar-refractivity contribution is -0.348. The van der Waals surface area contributed by atoms with E-state index >= 15 is 0 Å². The Hall–Kier alpha value is -2.45. The molecule has 2 aromatic rings. The third-order valence-electron chi connectivity index (χ3n) is 3.88. The van der Waals surface area contributed by atoms with Crippen molar-refractivity contribution >= 4 is 11.4 Å². The van der Waals surface area contributed by atoms with E-state index < -0.39 is 23.6 Å². The molecule has 0 radical (unpaired) electrons. The molecule has 0 aliphatic rings. The van der Waals surface area contributed by atoms with Gasteiger partial charge in [0.15, 0.2) is 0 Å². The summed E-state index contributed by atoms with van der Waals surface area (Å²) < 4.78 is 91.8. The van der Waals surface area contributed by atoms with Crippen LogP contribution < -0.4 is 10.6 Å². The Kier molecular flexibility index (Phi) is 5.12. The lowest BCUT2D eigenvalue weighted by Crippen LogP contribution is -2.50. The second kappa shape index (κ2) is 6.69. The van der Waals surface area contributed by atoms with Gasteiger partial charge in [-0.1, -0.05) is 36.4 Å². The van der Waals surface area contributed by atoms with E-state index in [1.54, 1.807) is 30.3 Å². The Labute approximate surface area is 145 Å². The first-order valence-electron chi connectivity index (χ1n) is 7.35. The van der Waals surface area contributed by atoms with E-state index in [9.17, 15) is 30.7 Å². The standard InChI is InChI=1S/C17H15F7N2/c1-26(10-11-5-3-2-4-6-11)14-9-12(7-8-13(14)25)15(18,16(19,20)21)17(22,23)24/h2-9H,10,25H2,1H3. The number of nitrogen functional groups attached to an aromatic ring is 1. The second-order valence-corrected chi connectivity index (χ2v) is 5.77. The van der Waals surface area contributed by atoms with Crippen molar-refractivity contribution in [3.05, 3.63) is 59.7 Å². The molecule has 2 nitrogen and oxygen atoms in total. The summed E-state index contributed by atoms with van der Waals surface area (Å²) in [6.45, 7) is 0.159. The highest BCUT2D eigenvalue weighted by atomic mass is 19.4. The fraction of sp³-hybridized carbons (Fsp3) is 0.294. The van der Waals surface area contributed by atoms with E-state index in [4.69, 9.17) is 5.73 Å². The van der Waals surface area contributed by atoms with E-state index in [-0.39, 0.29) is 17.9 Å². The quantitative estimate of drug-likeness (QED) is 0.584. The first-order chi connectivity index (χ1) is 11.9. The summed E-state index contributed by atoms with van der Waals surface area (Å²) in [5.74, 6) is 0. The molecular formula is C17H15F7N2. The Morgan fingerprint density at radius 1 is 0.846 bits per heavy atom. The SMILES string of the molecule is CN(Cc1ccccc1)c1cc(C(F)(C(F)(F)F)C(F)(F)F)ccc1N. The van der Waals surface area contributed by atoms with Gasteiger partial charge in [0, 0.05) is 19.2 Å². The van der Waals surface area contributed by atoms with Crippen LogP contribution in [0.1, 0.15) is 11.1 Å². The molecule has 2 rings (SSSR count). The monoisotopic (exact) mass is 380 g/mol. The van der Waals surface area contributed by atoms with Gasteiger partial charge in [-0.2, -0.15) is 26.3 Å². The van der Waals surface area contributed by atoms with Crippen molar-refractivity contribution in [2.75, 3.05) is 17.7 Å². The summed E-state index contributed by atoms with van der Waals surface area (Å²) in [6.07, 6.45) is -12.3. The molecule has 142 valence electrons. The number of nitrogens with two attached hydrogens (primary N) is 1. The maximum absolute atomic E-state index is 14.2. The average molecular weight is 380 g/mol. The molecule has 0 atom stereocenters. The van der Waals surface area contributed by atoms with E-state index in [1.165, 1.54) is 11.9 Å². The lowest BCUT2D eigenvalue weighted by atomic mass is 9.93. The highest BCUT2D eigenvalue weighted by Crippen LogP contribution is 2.53. The zero-order valence-electron chi connectivity index (χ0n) is 13.5. The third-order valence-corrected chi connectivity index (χ3v) is 3.88. The minimum absolute atomic E-state index is 0.0705. The van der Waals surface area contributed by atoms with Crippen LogP contribution >= 0.6 is 0 Å². The van der Waals surface area contributed by atoms with Crippen molar-refractivity contribution in [1.29, 1.82) is 0 Å². The van der Waals surface area contributed by atoms with Gasteiger partial charge in [0.2, 0.25) is 0 Å². The van der Waals surface area contributed by atoms with Crippen LogP contribution in [0, 0.1) is 0 Å². The molecule has 2 N–H and O–H groups in total. The first kappa shape index (κ1) is 19.9. The van der Waals surface area contributed by atoms with Crippen molar-refractivity contribution in [2.24, 2.45) is 0 Å². The Bertz CT molecular complexity index is 740. The number of hydrogen-bond acceptors (Lipinski definition) is 2. The van der Waals surface area contributed by atoms with Gasteiger partial charge in [0.05, 0.1) is 11.4 Å². The smallest absolute Gasteiger partial charge is 0.397 e. The molecule has 0 unspecified atom stereocenters. The van der Waals surface area contributed by atoms with E-state index in [2.05, 4.69) is 0 Å². The van der Waals surface area contributed by atoms with Gasteiger partial charge in [-0.15, -0.1) is 0 Å². The maximum Gasteiger partial charge on any atom is 0.435 e. The molecule has 0 heterocycles. The molecule has 0 spiro atoms. The van der Waals surface area contributed by atoms with Crippen molar-refractivity contribution in [3.8, 4) is 0 Å². The molecule has 0 saturated heterocycles. The lowest BCUT2D eigenvalue weighted by Gasteiger charge is -2.31. The highest BCUT2D eigenvalue weighted by molar-refractivity contribution is 5.69. The number of nitrogens with zero attached hydrogens (tertiary/aromatic N) is 1. The molecule has 0 aliphatic carbocycles. The molecule has 0 aliphatic heterocycles. The Morgan fingerprint density at radius 2 is 1.38 bits per heavy atom. The largest absolute Gasteiger partial charge is 0.435 e. The Morgan fingerprint density at radius 3 is 1.88 bits per heavy atom. The number of rotatable bonds is 4. The average Bonchev–Trinajstić information content (AvgIpc) is 2.53. The van der Waals surface area contributed by atoms with Crippen LogP contribution in [0.4, 0.5) is 42.1 Å². The predicted molar refractivity (Wildman–Crippen MR) is 84.3 cm³/mol. The summed E-state index contributed by atoms with van der Waals surface area (Å²) in [6, 6.07) is 10.4. The number of halogens is 7. The minimum Gasteiger partial charge on any atom is -0.397 e. The van der Waals surface area contributed by atoms with Gasteiger partial charge in [0.1, 0.15) is 0 Å². The fourth-order valence-corrected chi connectivity index (χ4v) is 2.52. The highest BCUT2D eigenvalue weighted by Gasteiger charge is 2.73. The van der Waals surface area contributed by atoms with Gasteiger partial charge in [-0.25, -0.2) is 4.39 Å². The van der Waals surface area contributed by atoms with Crippen LogP contribution in [-0.2, 0) is 12.2 Å². The van der Waals surface area contributed by atoms with Gasteiger partial charge in [0.25, 0.3) is 0 Å². The summed E-state index contributed by atoms with van der Waals surface area (Å²) in [5.41, 5.74) is -0.839. The zero-order chi connectivity index (χ0) is 19.8. The van der Waals surface area contributed by atoms with Crippen molar-refractivity contribution < 1.29 is 30.7 Å². The van der Waals surface area contributed by atoms with Gasteiger partial charge in [-0.3, -0.25) is 0 Å². The predicted octanol–water partition coefficient (Wildman–Crippen LogP) is 5.19. The molecule has 0 amide bonds. The van der Waals surface area contributed by atoms with Crippen LogP contribution in [0.15, 0.2) is 48.5 Å². The third kappa shape index (κ3) is 3.56. The van der Waals surface area contributed by atoms with Crippen LogP contribution in [0.2, 0.25) is 0 Å². The molecule has 26 heavy (non-hydrogen) atoms. The second-order valence-electron chi connectivity index (χ2n) is 5.77. The zero-order valence-corrected chi connectivity index (χ0v) is 13.5. The fourth-order valence-electron chi connectivity index (χ4n) is 2.52. The van der Waals surface area contributed by atoms with E-state index in [0.717, 1.165) is 11.6 Å². The van der Waals surface area contributed by atoms with Crippen molar-refractivity contribution in [2.45, 2.75) is 24.6 Å². The molecule has 9 heteroatoms. The molecular weight excluding hydrogens is 365 g/mol.